The van der Waals surface area contributed by atoms with Crippen LogP contribution in [0.3, 0.4) is 0 Å². The number of hydrogen-bond donors (Lipinski definition) is 0. The molecule has 2 aromatic carbocycles. The summed E-state index contributed by atoms with van der Waals surface area (Å²) in [6.45, 7) is 7.54. The SMILES string of the molecule is CCn1c2ccc(C)cc2c2ccc(-c3cc(C)cs3)cc21. The van der Waals surface area contributed by atoms with E-state index in [2.05, 4.69) is 73.2 Å². The molecular weight excluding hydrogens is 286 g/mol. The highest BCUT2D eigenvalue weighted by Crippen LogP contribution is 2.34. The second kappa shape index (κ2) is 4.99. The topological polar surface area (TPSA) is 4.93 Å². The molecule has 2 heterocycles. The number of rotatable bonds is 2. The summed E-state index contributed by atoms with van der Waals surface area (Å²) in [4.78, 5) is 1.35. The molecule has 2 heteroatoms. The number of thiophene rings is 1. The maximum Gasteiger partial charge on any atom is 0.0497 e. The molecule has 4 aromatic rings. The number of benzene rings is 2. The Morgan fingerprint density at radius 2 is 1.73 bits per heavy atom. The molecule has 0 saturated heterocycles. The zero-order valence-electron chi connectivity index (χ0n) is 13.2. The molecule has 0 saturated carbocycles. The van der Waals surface area contributed by atoms with Crippen LogP contribution in [0.15, 0.2) is 47.8 Å². The average Bonchev–Trinajstić information content (AvgIpc) is 3.07. The minimum Gasteiger partial charge on any atom is -0.341 e. The van der Waals surface area contributed by atoms with Crippen LogP contribution in [0, 0.1) is 13.8 Å². The first-order valence-corrected chi connectivity index (χ1v) is 8.63. The van der Waals surface area contributed by atoms with Gasteiger partial charge in [-0.3, -0.25) is 0 Å². The van der Waals surface area contributed by atoms with E-state index in [9.17, 15) is 0 Å². The molecule has 0 aliphatic heterocycles. The van der Waals surface area contributed by atoms with Crippen molar-refractivity contribution < 1.29 is 0 Å². The monoisotopic (exact) mass is 305 g/mol. The zero-order valence-corrected chi connectivity index (χ0v) is 14.0. The van der Waals surface area contributed by atoms with Crippen LogP contribution in [-0.4, -0.2) is 4.57 Å². The summed E-state index contributed by atoms with van der Waals surface area (Å²) in [6, 6.07) is 15.9. The van der Waals surface area contributed by atoms with Crippen molar-refractivity contribution in [2.45, 2.75) is 27.3 Å². The highest BCUT2D eigenvalue weighted by Gasteiger charge is 2.11. The summed E-state index contributed by atoms with van der Waals surface area (Å²) in [5.74, 6) is 0. The van der Waals surface area contributed by atoms with Gasteiger partial charge in [0.25, 0.3) is 0 Å². The number of aryl methyl sites for hydroxylation is 3. The summed E-state index contributed by atoms with van der Waals surface area (Å²) < 4.78 is 2.42. The van der Waals surface area contributed by atoms with Crippen LogP contribution in [0.25, 0.3) is 32.2 Å². The molecule has 0 aliphatic rings. The van der Waals surface area contributed by atoms with E-state index in [-0.39, 0.29) is 0 Å². The van der Waals surface area contributed by atoms with Gasteiger partial charge >= 0.3 is 0 Å². The maximum atomic E-state index is 2.42. The fourth-order valence-electron chi connectivity index (χ4n) is 3.29. The van der Waals surface area contributed by atoms with Crippen molar-refractivity contribution in [3.63, 3.8) is 0 Å². The largest absolute Gasteiger partial charge is 0.341 e. The Kier molecular flexibility index (Phi) is 3.08. The first-order chi connectivity index (χ1) is 10.7. The molecule has 1 nitrogen and oxygen atoms in total. The van der Waals surface area contributed by atoms with Crippen molar-refractivity contribution in [2.75, 3.05) is 0 Å². The minimum atomic E-state index is 0.996. The number of nitrogens with zero attached hydrogens (tertiary/aromatic N) is 1. The van der Waals surface area contributed by atoms with Gasteiger partial charge in [-0.2, -0.15) is 0 Å². The van der Waals surface area contributed by atoms with E-state index in [0.29, 0.717) is 0 Å². The summed E-state index contributed by atoms with van der Waals surface area (Å²) >= 11 is 1.82. The van der Waals surface area contributed by atoms with Crippen LogP contribution in [0.4, 0.5) is 0 Å². The van der Waals surface area contributed by atoms with Gasteiger partial charge in [0.15, 0.2) is 0 Å². The fourth-order valence-corrected chi connectivity index (χ4v) is 4.19. The highest BCUT2D eigenvalue weighted by molar-refractivity contribution is 7.13. The molecule has 4 rings (SSSR count). The van der Waals surface area contributed by atoms with Crippen LogP contribution in [0.2, 0.25) is 0 Å². The molecule has 0 fully saturated rings. The average molecular weight is 305 g/mol. The fraction of sp³-hybridized carbons (Fsp3) is 0.200. The second-order valence-electron chi connectivity index (χ2n) is 5.99. The third-order valence-electron chi connectivity index (χ3n) is 4.35. The zero-order chi connectivity index (χ0) is 15.3. The summed E-state index contributed by atoms with van der Waals surface area (Å²) in [6.07, 6.45) is 0. The van der Waals surface area contributed by atoms with Gasteiger partial charge in [-0.15, -0.1) is 11.3 Å². The molecule has 0 N–H and O–H groups in total. The molecule has 0 aliphatic carbocycles. The van der Waals surface area contributed by atoms with E-state index in [0.717, 1.165) is 6.54 Å². The maximum absolute atomic E-state index is 2.42. The Hall–Kier alpha value is -2.06. The van der Waals surface area contributed by atoms with Gasteiger partial charge in [-0.05, 0) is 61.5 Å². The Morgan fingerprint density at radius 1 is 0.864 bits per heavy atom. The summed E-state index contributed by atoms with van der Waals surface area (Å²) in [7, 11) is 0. The van der Waals surface area contributed by atoms with E-state index in [1.807, 2.05) is 11.3 Å². The van der Waals surface area contributed by atoms with Gasteiger partial charge in [-0.25, -0.2) is 0 Å². The van der Waals surface area contributed by atoms with Crippen molar-refractivity contribution in [1.29, 1.82) is 0 Å². The van der Waals surface area contributed by atoms with Crippen molar-refractivity contribution in [1.82, 2.24) is 4.57 Å². The molecular formula is C20H19NS. The smallest absolute Gasteiger partial charge is 0.0497 e. The van der Waals surface area contributed by atoms with Gasteiger partial charge in [-0.1, -0.05) is 23.8 Å². The second-order valence-corrected chi connectivity index (χ2v) is 6.90. The minimum absolute atomic E-state index is 0.996. The lowest BCUT2D eigenvalue weighted by Gasteiger charge is -2.04. The van der Waals surface area contributed by atoms with Crippen molar-refractivity contribution in [3.8, 4) is 10.4 Å². The third kappa shape index (κ3) is 1.98. The Morgan fingerprint density at radius 3 is 2.45 bits per heavy atom. The Bertz CT molecular complexity index is 988. The van der Waals surface area contributed by atoms with E-state index in [1.165, 1.54) is 43.4 Å². The molecule has 0 spiro atoms. The highest BCUT2D eigenvalue weighted by atomic mass is 32.1. The normalized spacial score (nSPS) is 11.6. The molecule has 0 radical (unpaired) electrons. The molecule has 0 unspecified atom stereocenters. The van der Waals surface area contributed by atoms with Crippen molar-refractivity contribution >= 4 is 33.1 Å². The van der Waals surface area contributed by atoms with Crippen LogP contribution in [0.1, 0.15) is 18.1 Å². The predicted octanol–water partition coefficient (Wildman–Crippen LogP) is 6.16. The van der Waals surface area contributed by atoms with Crippen LogP contribution < -0.4 is 0 Å². The van der Waals surface area contributed by atoms with Crippen LogP contribution in [0.5, 0.6) is 0 Å². The molecule has 110 valence electrons. The molecule has 0 atom stereocenters. The number of fused-ring (bicyclic) bond motifs is 3. The summed E-state index contributed by atoms with van der Waals surface area (Å²) in [5.41, 5.74) is 6.65. The third-order valence-corrected chi connectivity index (χ3v) is 5.45. The number of hydrogen-bond acceptors (Lipinski definition) is 1. The molecule has 2 aromatic heterocycles. The van der Waals surface area contributed by atoms with E-state index >= 15 is 0 Å². The van der Waals surface area contributed by atoms with Gasteiger partial charge in [0.1, 0.15) is 0 Å². The standard InChI is InChI=1S/C20H19NS/c1-4-21-18-8-5-13(2)9-17(18)16-7-6-15(11-19(16)21)20-10-14(3)12-22-20/h5-12H,4H2,1-3H3. The van der Waals surface area contributed by atoms with E-state index < -0.39 is 0 Å². The summed E-state index contributed by atoms with van der Waals surface area (Å²) in [5, 5.41) is 4.95. The molecule has 0 amide bonds. The molecule has 22 heavy (non-hydrogen) atoms. The number of aromatic nitrogens is 1. The lowest BCUT2D eigenvalue weighted by atomic mass is 10.1. The first-order valence-electron chi connectivity index (χ1n) is 7.75. The van der Waals surface area contributed by atoms with Gasteiger partial charge in [0, 0.05) is 33.2 Å². The first kappa shape index (κ1) is 13.6. The van der Waals surface area contributed by atoms with Crippen molar-refractivity contribution in [3.05, 3.63) is 59.0 Å². The molecule has 0 bridgehead atoms. The lowest BCUT2D eigenvalue weighted by molar-refractivity contribution is 0.827. The Labute approximate surface area is 134 Å². The van der Waals surface area contributed by atoms with Crippen LogP contribution in [-0.2, 0) is 6.54 Å². The van der Waals surface area contributed by atoms with E-state index in [1.54, 1.807) is 0 Å². The van der Waals surface area contributed by atoms with Gasteiger partial charge in [0.05, 0.1) is 0 Å². The van der Waals surface area contributed by atoms with Crippen LogP contribution >= 0.6 is 11.3 Å². The van der Waals surface area contributed by atoms with E-state index in [4.69, 9.17) is 0 Å². The van der Waals surface area contributed by atoms with Gasteiger partial charge < -0.3 is 4.57 Å². The lowest BCUT2D eigenvalue weighted by Crippen LogP contribution is -1.92. The predicted molar refractivity (Wildman–Crippen MR) is 97.9 cm³/mol. The van der Waals surface area contributed by atoms with Crippen molar-refractivity contribution in [2.24, 2.45) is 0 Å². The quantitative estimate of drug-likeness (QED) is 0.418. The van der Waals surface area contributed by atoms with Gasteiger partial charge in [0.2, 0.25) is 0 Å². The Balaban J connectivity index is 2.05.